The number of carbonyl (C=O) groups excluding carboxylic acids is 1. The third-order valence-electron chi connectivity index (χ3n) is 3.25. The lowest BCUT2D eigenvalue weighted by molar-refractivity contribution is -0.122. The first-order valence-corrected chi connectivity index (χ1v) is 6.36. The fourth-order valence-corrected chi connectivity index (χ4v) is 2.43. The lowest BCUT2D eigenvalue weighted by Crippen LogP contribution is -2.34. The van der Waals surface area contributed by atoms with Crippen LogP contribution >= 0.6 is 0 Å². The van der Waals surface area contributed by atoms with Gasteiger partial charge in [0, 0.05) is 20.0 Å². The number of hydrogen-bond acceptors (Lipinski definition) is 3. The topological polar surface area (TPSA) is 44.4 Å². The number of nitrogens with zero attached hydrogens (tertiary/aromatic N) is 1. The molecule has 16 heavy (non-hydrogen) atoms. The van der Waals surface area contributed by atoms with Gasteiger partial charge in [0.1, 0.15) is 0 Å². The molecule has 0 aliphatic carbocycles. The third kappa shape index (κ3) is 5.47. The van der Waals surface area contributed by atoms with Crippen LogP contribution in [0.2, 0.25) is 0 Å². The lowest BCUT2D eigenvalue weighted by Gasteiger charge is -2.29. The number of piperidine rings is 1. The molecule has 1 unspecified atom stereocenters. The number of hydrazine groups is 1. The molecule has 0 aromatic heterocycles. The highest BCUT2D eigenvalue weighted by atomic mass is 16.2. The van der Waals surface area contributed by atoms with Crippen LogP contribution in [0.1, 0.15) is 38.5 Å². The summed E-state index contributed by atoms with van der Waals surface area (Å²) < 4.78 is 0. The predicted octanol–water partition coefficient (Wildman–Crippen LogP) is 1.14. The summed E-state index contributed by atoms with van der Waals surface area (Å²) in [5.74, 6) is 0.953. The molecule has 1 aliphatic heterocycles. The van der Waals surface area contributed by atoms with Crippen molar-refractivity contribution in [2.75, 3.05) is 27.2 Å². The minimum Gasteiger partial charge on any atom is -0.306 e. The number of unbranched alkanes of at least 4 members (excludes halogenated alkanes) is 1. The molecule has 0 bridgehead atoms. The van der Waals surface area contributed by atoms with E-state index in [1.807, 2.05) is 0 Å². The molecule has 0 aromatic carbocycles. The standard InChI is InChI=1S/C12H25N3O/c1-13-14-12(16)8-4-3-6-11-7-5-9-15(2)10-11/h11,13H,3-10H2,1-2H3,(H,14,16). The monoisotopic (exact) mass is 227 g/mol. The van der Waals surface area contributed by atoms with Crippen LogP contribution in [0.15, 0.2) is 0 Å². The fraction of sp³-hybridized carbons (Fsp3) is 0.917. The van der Waals surface area contributed by atoms with Gasteiger partial charge in [0.15, 0.2) is 0 Å². The van der Waals surface area contributed by atoms with Crippen LogP contribution < -0.4 is 10.9 Å². The Morgan fingerprint density at radius 3 is 2.94 bits per heavy atom. The van der Waals surface area contributed by atoms with E-state index in [9.17, 15) is 4.79 Å². The van der Waals surface area contributed by atoms with Crippen molar-refractivity contribution in [3.8, 4) is 0 Å². The zero-order valence-corrected chi connectivity index (χ0v) is 10.6. The van der Waals surface area contributed by atoms with Crippen molar-refractivity contribution >= 4 is 5.91 Å². The molecule has 0 aromatic rings. The van der Waals surface area contributed by atoms with Gasteiger partial charge in [-0.1, -0.05) is 6.42 Å². The van der Waals surface area contributed by atoms with E-state index in [2.05, 4.69) is 22.8 Å². The molecule has 0 radical (unpaired) electrons. The van der Waals surface area contributed by atoms with Crippen molar-refractivity contribution in [3.63, 3.8) is 0 Å². The molecule has 1 aliphatic rings. The Morgan fingerprint density at radius 1 is 1.44 bits per heavy atom. The summed E-state index contributed by atoms with van der Waals surface area (Å²) in [7, 11) is 3.92. The van der Waals surface area contributed by atoms with E-state index < -0.39 is 0 Å². The van der Waals surface area contributed by atoms with Crippen LogP contribution in [0.25, 0.3) is 0 Å². The van der Waals surface area contributed by atoms with E-state index in [4.69, 9.17) is 0 Å². The first-order chi connectivity index (χ1) is 7.72. The second-order valence-electron chi connectivity index (χ2n) is 4.81. The summed E-state index contributed by atoms with van der Waals surface area (Å²) in [4.78, 5) is 13.6. The first kappa shape index (κ1) is 13.5. The number of hydrogen-bond donors (Lipinski definition) is 2. The van der Waals surface area contributed by atoms with Gasteiger partial charge in [-0.05, 0) is 45.2 Å². The van der Waals surface area contributed by atoms with Crippen molar-refractivity contribution in [1.29, 1.82) is 0 Å². The minimum atomic E-state index is 0.100. The van der Waals surface area contributed by atoms with Gasteiger partial charge < -0.3 is 4.90 Å². The van der Waals surface area contributed by atoms with Crippen LogP contribution in [0.3, 0.4) is 0 Å². The van der Waals surface area contributed by atoms with E-state index in [0.717, 1.165) is 12.3 Å². The number of carbonyl (C=O) groups is 1. The Hall–Kier alpha value is -0.610. The molecule has 0 saturated carbocycles. The number of likely N-dealkylation sites (tertiary alicyclic amines) is 1. The van der Waals surface area contributed by atoms with Gasteiger partial charge in [-0.2, -0.15) is 0 Å². The van der Waals surface area contributed by atoms with Gasteiger partial charge in [0.05, 0.1) is 0 Å². The molecule has 1 amide bonds. The van der Waals surface area contributed by atoms with Crippen molar-refractivity contribution in [1.82, 2.24) is 15.8 Å². The average Bonchev–Trinajstić information content (AvgIpc) is 2.25. The maximum absolute atomic E-state index is 11.2. The normalized spacial score (nSPS) is 22.0. The molecular formula is C12H25N3O. The number of rotatable bonds is 6. The van der Waals surface area contributed by atoms with Crippen LogP contribution in [0.4, 0.5) is 0 Å². The Labute approximate surface area is 98.7 Å². The van der Waals surface area contributed by atoms with Crippen LogP contribution in [0.5, 0.6) is 0 Å². The second-order valence-corrected chi connectivity index (χ2v) is 4.81. The quantitative estimate of drug-likeness (QED) is 0.528. The predicted molar refractivity (Wildman–Crippen MR) is 65.9 cm³/mol. The fourth-order valence-electron chi connectivity index (χ4n) is 2.43. The molecule has 1 rings (SSSR count). The maximum Gasteiger partial charge on any atom is 0.234 e. The van der Waals surface area contributed by atoms with E-state index in [-0.39, 0.29) is 5.91 Å². The Kier molecular flexibility index (Phi) is 6.42. The van der Waals surface area contributed by atoms with Crippen molar-refractivity contribution < 1.29 is 4.79 Å². The second kappa shape index (κ2) is 7.63. The van der Waals surface area contributed by atoms with Crippen LogP contribution in [-0.2, 0) is 4.79 Å². The largest absolute Gasteiger partial charge is 0.306 e. The molecule has 1 atom stereocenters. The maximum atomic E-state index is 11.2. The molecule has 4 nitrogen and oxygen atoms in total. The van der Waals surface area contributed by atoms with E-state index in [1.165, 1.54) is 38.8 Å². The van der Waals surface area contributed by atoms with Gasteiger partial charge in [-0.25, -0.2) is 5.43 Å². The van der Waals surface area contributed by atoms with E-state index in [0.29, 0.717) is 6.42 Å². The Bertz CT molecular complexity index is 208. The summed E-state index contributed by atoms with van der Waals surface area (Å²) in [6.45, 7) is 2.49. The molecule has 1 saturated heterocycles. The molecule has 0 spiro atoms. The SMILES string of the molecule is CNNC(=O)CCCCC1CCCN(C)C1. The molecule has 1 fully saturated rings. The minimum absolute atomic E-state index is 0.100. The lowest BCUT2D eigenvalue weighted by atomic mass is 9.93. The van der Waals surface area contributed by atoms with E-state index in [1.54, 1.807) is 7.05 Å². The zero-order valence-electron chi connectivity index (χ0n) is 10.6. The first-order valence-electron chi connectivity index (χ1n) is 6.36. The third-order valence-corrected chi connectivity index (χ3v) is 3.25. The molecular weight excluding hydrogens is 202 g/mol. The van der Waals surface area contributed by atoms with Crippen molar-refractivity contribution in [2.24, 2.45) is 5.92 Å². The summed E-state index contributed by atoms with van der Waals surface area (Å²) >= 11 is 0. The Balaban J connectivity index is 2.00. The zero-order chi connectivity index (χ0) is 11.8. The molecule has 2 N–H and O–H groups in total. The molecule has 94 valence electrons. The highest BCUT2D eigenvalue weighted by Crippen LogP contribution is 2.20. The Morgan fingerprint density at radius 2 is 2.25 bits per heavy atom. The highest BCUT2D eigenvalue weighted by Gasteiger charge is 2.16. The molecule has 4 heteroatoms. The highest BCUT2D eigenvalue weighted by molar-refractivity contribution is 5.75. The van der Waals surface area contributed by atoms with Gasteiger partial charge in [-0.15, -0.1) is 0 Å². The number of nitrogens with one attached hydrogen (secondary N) is 2. The smallest absolute Gasteiger partial charge is 0.234 e. The molecule has 1 heterocycles. The van der Waals surface area contributed by atoms with Gasteiger partial charge >= 0.3 is 0 Å². The number of amides is 1. The van der Waals surface area contributed by atoms with Crippen molar-refractivity contribution in [2.45, 2.75) is 38.5 Å². The summed E-state index contributed by atoms with van der Waals surface area (Å²) in [5.41, 5.74) is 5.25. The van der Waals surface area contributed by atoms with Gasteiger partial charge in [0.25, 0.3) is 0 Å². The average molecular weight is 227 g/mol. The van der Waals surface area contributed by atoms with E-state index >= 15 is 0 Å². The summed E-state index contributed by atoms with van der Waals surface area (Å²) in [6.07, 6.45) is 6.80. The van der Waals surface area contributed by atoms with Crippen LogP contribution in [-0.4, -0.2) is 38.0 Å². The summed E-state index contributed by atoms with van der Waals surface area (Å²) in [6, 6.07) is 0. The summed E-state index contributed by atoms with van der Waals surface area (Å²) in [5, 5.41) is 0. The van der Waals surface area contributed by atoms with Crippen molar-refractivity contribution in [3.05, 3.63) is 0 Å². The van der Waals surface area contributed by atoms with Crippen LogP contribution in [0, 0.1) is 5.92 Å². The van der Waals surface area contributed by atoms with Gasteiger partial charge in [-0.3, -0.25) is 10.2 Å². The van der Waals surface area contributed by atoms with Gasteiger partial charge in [0.2, 0.25) is 5.91 Å².